The summed E-state index contributed by atoms with van der Waals surface area (Å²) in [5.41, 5.74) is 2.14. The van der Waals surface area contributed by atoms with Crippen LogP contribution in [0.25, 0.3) is 10.6 Å². The minimum Gasteiger partial charge on any atom is -0.358 e. The lowest BCUT2D eigenvalue weighted by Gasteiger charge is -2.00. The minimum absolute atomic E-state index is 0.0155. The standard InChI is InChI=1S/C11H13N3OS2/c1-12-10(15)5-13-4-9-7-17-11(14-9)8-2-3-16-6-8/h2-3,6-7,13H,4-5H2,1H3,(H,12,15). The molecule has 0 atom stereocenters. The zero-order valence-electron chi connectivity index (χ0n) is 9.40. The summed E-state index contributed by atoms with van der Waals surface area (Å²) in [5.74, 6) is -0.0155. The van der Waals surface area contributed by atoms with Crippen molar-refractivity contribution < 1.29 is 4.79 Å². The molecule has 0 fully saturated rings. The zero-order chi connectivity index (χ0) is 12.1. The molecule has 0 saturated heterocycles. The first-order valence-electron chi connectivity index (χ1n) is 5.18. The lowest BCUT2D eigenvalue weighted by Crippen LogP contribution is -2.31. The molecular formula is C11H13N3OS2. The zero-order valence-corrected chi connectivity index (χ0v) is 11.0. The highest BCUT2D eigenvalue weighted by Crippen LogP contribution is 2.25. The molecule has 0 saturated carbocycles. The number of hydrogen-bond donors (Lipinski definition) is 2. The molecule has 4 nitrogen and oxygen atoms in total. The van der Waals surface area contributed by atoms with Gasteiger partial charge in [0, 0.05) is 29.9 Å². The summed E-state index contributed by atoms with van der Waals surface area (Å²) in [5, 5.41) is 12.8. The van der Waals surface area contributed by atoms with Crippen molar-refractivity contribution in [2.45, 2.75) is 6.54 Å². The van der Waals surface area contributed by atoms with Gasteiger partial charge in [0.2, 0.25) is 5.91 Å². The SMILES string of the molecule is CNC(=O)CNCc1csc(-c2ccsc2)n1. The number of carbonyl (C=O) groups excluding carboxylic acids is 1. The van der Waals surface area contributed by atoms with Crippen molar-refractivity contribution in [2.75, 3.05) is 13.6 Å². The Hall–Kier alpha value is -1.24. The Kier molecular flexibility index (Phi) is 4.24. The summed E-state index contributed by atoms with van der Waals surface area (Å²) in [6, 6.07) is 2.06. The molecule has 6 heteroatoms. The number of nitrogens with zero attached hydrogens (tertiary/aromatic N) is 1. The van der Waals surface area contributed by atoms with Crippen LogP contribution in [0.4, 0.5) is 0 Å². The second-order valence-electron chi connectivity index (χ2n) is 3.43. The van der Waals surface area contributed by atoms with Crippen LogP contribution in [0.15, 0.2) is 22.2 Å². The number of thiophene rings is 1. The number of aromatic nitrogens is 1. The highest BCUT2D eigenvalue weighted by molar-refractivity contribution is 7.14. The van der Waals surface area contributed by atoms with Crippen LogP contribution in [0.3, 0.4) is 0 Å². The van der Waals surface area contributed by atoms with Crippen molar-refractivity contribution in [3.8, 4) is 10.6 Å². The van der Waals surface area contributed by atoms with Crippen LogP contribution >= 0.6 is 22.7 Å². The Morgan fingerprint density at radius 2 is 2.35 bits per heavy atom. The predicted octanol–water partition coefficient (Wildman–Crippen LogP) is 1.71. The first-order valence-corrected chi connectivity index (χ1v) is 7.00. The molecule has 2 aromatic heterocycles. The molecule has 2 N–H and O–H groups in total. The van der Waals surface area contributed by atoms with Crippen molar-refractivity contribution >= 4 is 28.6 Å². The normalized spacial score (nSPS) is 10.4. The lowest BCUT2D eigenvalue weighted by molar-refractivity contribution is -0.119. The second-order valence-corrected chi connectivity index (χ2v) is 5.07. The van der Waals surface area contributed by atoms with E-state index in [-0.39, 0.29) is 5.91 Å². The fourth-order valence-corrected chi connectivity index (χ4v) is 2.83. The van der Waals surface area contributed by atoms with Crippen LogP contribution in [0.2, 0.25) is 0 Å². The quantitative estimate of drug-likeness (QED) is 0.867. The summed E-state index contributed by atoms with van der Waals surface area (Å²) < 4.78 is 0. The number of amides is 1. The van der Waals surface area contributed by atoms with Gasteiger partial charge in [-0.3, -0.25) is 4.79 Å². The van der Waals surface area contributed by atoms with E-state index in [1.54, 1.807) is 29.7 Å². The number of likely N-dealkylation sites (N-methyl/N-ethyl adjacent to an activating group) is 1. The van der Waals surface area contributed by atoms with Crippen LogP contribution in [0.5, 0.6) is 0 Å². The topological polar surface area (TPSA) is 54.0 Å². The van der Waals surface area contributed by atoms with Gasteiger partial charge in [0.15, 0.2) is 0 Å². The molecule has 0 aliphatic carbocycles. The fraction of sp³-hybridized carbons (Fsp3) is 0.273. The van der Waals surface area contributed by atoms with Gasteiger partial charge in [-0.1, -0.05) is 0 Å². The van der Waals surface area contributed by atoms with E-state index in [1.807, 2.05) is 10.8 Å². The van der Waals surface area contributed by atoms with Gasteiger partial charge in [0.05, 0.1) is 12.2 Å². The van der Waals surface area contributed by atoms with Crippen LogP contribution in [-0.2, 0) is 11.3 Å². The number of nitrogens with one attached hydrogen (secondary N) is 2. The average Bonchev–Trinajstić information content (AvgIpc) is 2.98. The third-order valence-corrected chi connectivity index (χ3v) is 3.81. The molecular weight excluding hydrogens is 254 g/mol. The van der Waals surface area contributed by atoms with Crippen LogP contribution < -0.4 is 10.6 Å². The number of carbonyl (C=O) groups is 1. The summed E-state index contributed by atoms with van der Waals surface area (Å²) in [4.78, 5) is 15.5. The molecule has 2 heterocycles. The Morgan fingerprint density at radius 1 is 1.47 bits per heavy atom. The maximum atomic E-state index is 11.0. The number of thiazole rings is 1. The van der Waals surface area contributed by atoms with Crippen LogP contribution in [0.1, 0.15) is 5.69 Å². The molecule has 0 aromatic carbocycles. The molecule has 2 rings (SSSR count). The maximum absolute atomic E-state index is 11.0. The van der Waals surface area contributed by atoms with Gasteiger partial charge in [-0.05, 0) is 11.4 Å². The first kappa shape index (κ1) is 12.2. The van der Waals surface area contributed by atoms with Gasteiger partial charge in [0.1, 0.15) is 5.01 Å². The van der Waals surface area contributed by atoms with Crippen molar-refractivity contribution in [1.82, 2.24) is 15.6 Å². The van der Waals surface area contributed by atoms with Gasteiger partial charge in [0.25, 0.3) is 0 Å². The van der Waals surface area contributed by atoms with Crippen LogP contribution in [0, 0.1) is 0 Å². The number of rotatable bonds is 5. The van der Waals surface area contributed by atoms with E-state index in [0.29, 0.717) is 13.1 Å². The van der Waals surface area contributed by atoms with E-state index < -0.39 is 0 Å². The largest absolute Gasteiger partial charge is 0.358 e. The molecule has 0 unspecified atom stereocenters. The Balaban J connectivity index is 1.89. The van der Waals surface area contributed by atoms with E-state index in [2.05, 4.69) is 27.1 Å². The van der Waals surface area contributed by atoms with E-state index in [1.165, 1.54) is 0 Å². The van der Waals surface area contributed by atoms with E-state index >= 15 is 0 Å². The molecule has 0 radical (unpaired) electrons. The summed E-state index contributed by atoms with van der Waals surface area (Å²) in [7, 11) is 1.63. The minimum atomic E-state index is -0.0155. The monoisotopic (exact) mass is 267 g/mol. The third kappa shape index (κ3) is 3.36. The smallest absolute Gasteiger partial charge is 0.233 e. The molecule has 0 aliphatic heterocycles. The molecule has 1 amide bonds. The van der Waals surface area contributed by atoms with Crippen molar-refractivity contribution in [3.63, 3.8) is 0 Å². The fourth-order valence-electron chi connectivity index (χ4n) is 1.30. The number of hydrogen-bond acceptors (Lipinski definition) is 5. The summed E-state index contributed by atoms with van der Waals surface area (Å²) in [6.45, 7) is 0.940. The van der Waals surface area contributed by atoms with Gasteiger partial charge >= 0.3 is 0 Å². The van der Waals surface area contributed by atoms with Gasteiger partial charge in [-0.15, -0.1) is 11.3 Å². The van der Waals surface area contributed by atoms with Crippen molar-refractivity contribution in [2.24, 2.45) is 0 Å². The van der Waals surface area contributed by atoms with Crippen molar-refractivity contribution in [1.29, 1.82) is 0 Å². The van der Waals surface area contributed by atoms with Gasteiger partial charge in [-0.25, -0.2) is 4.98 Å². The summed E-state index contributed by atoms with van der Waals surface area (Å²) >= 11 is 3.29. The molecule has 17 heavy (non-hydrogen) atoms. The third-order valence-electron chi connectivity index (χ3n) is 2.19. The average molecular weight is 267 g/mol. The molecule has 0 aliphatic rings. The van der Waals surface area contributed by atoms with Crippen molar-refractivity contribution in [3.05, 3.63) is 27.9 Å². The van der Waals surface area contributed by atoms with Gasteiger partial charge < -0.3 is 10.6 Å². The Bertz CT molecular complexity index is 479. The molecule has 2 aromatic rings. The highest BCUT2D eigenvalue weighted by atomic mass is 32.1. The first-order chi connectivity index (χ1) is 8.29. The van der Waals surface area contributed by atoms with Gasteiger partial charge in [-0.2, -0.15) is 11.3 Å². The highest BCUT2D eigenvalue weighted by Gasteiger charge is 2.05. The Labute approximate surface area is 108 Å². The second kappa shape index (κ2) is 5.90. The molecule has 0 spiro atoms. The molecule has 90 valence electrons. The van der Waals surface area contributed by atoms with E-state index in [0.717, 1.165) is 16.3 Å². The predicted molar refractivity (Wildman–Crippen MR) is 71.2 cm³/mol. The van der Waals surface area contributed by atoms with E-state index in [4.69, 9.17) is 0 Å². The molecule has 0 bridgehead atoms. The maximum Gasteiger partial charge on any atom is 0.233 e. The van der Waals surface area contributed by atoms with E-state index in [9.17, 15) is 4.79 Å². The van der Waals surface area contributed by atoms with Crippen LogP contribution in [-0.4, -0.2) is 24.5 Å². The summed E-state index contributed by atoms with van der Waals surface area (Å²) in [6.07, 6.45) is 0. The lowest BCUT2D eigenvalue weighted by atomic mass is 10.3. The Morgan fingerprint density at radius 3 is 3.06 bits per heavy atom.